The number of benzene rings is 1. The molecule has 2 nitrogen and oxygen atoms in total. The van der Waals surface area contributed by atoms with Gasteiger partial charge in [0.25, 0.3) is 0 Å². The van der Waals surface area contributed by atoms with Crippen LogP contribution in [0.25, 0.3) is 10.6 Å². The van der Waals surface area contributed by atoms with E-state index in [1.54, 1.807) is 16.8 Å². The van der Waals surface area contributed by atoms with Gasteiger partial charge in [-0.05, 0) is 30.2 Å². The summed E-state index contributed by atoms with van der Waals surface area (Å²) in [5.41, 5.74) is 4.46. The molecule has 1 aromatic carbocycles. The van der Waals surface area contributed by atoms with Crippen molar-refractivity contribution >= 4 is 11.3 Å². The maximum Gasteiger partial charge on any atom is 0.147 e. The third-order valence-electron chi connectivity index (χ3n) is 4.00. The molecular formula is C15H18N2S. The molecule has 3 rings (SSSR count). The van der Waals surface area contributed by atoms with E-state index >= 15 is 0 Å². The lowest BCUT2D eigenvalue weighted by Crippen LogP contribution is -2.10. The highest BCUT2D eigenvalue weighted by Gasteiger charge is 2.19. The molecule has 1 saturated carbocycles. The summed E-state index contributed by atoms with van der Waals surface area (Å²) in [4.78, 5) is 0. The Morgan fingerprint density at radius 1 is 1.06 bits per heavy atom. The Kier molecular flexibility index (Phi) is 3.41. The Labute approximate surface area is 112 Å². The first kappa shape index (κ1) is 11.8. The minimum atomic E-state index is 0.768. The molecule has 1 aliphatic rings. The Morgan fingerprint density at radius 3 is 2.39 bits per heavy atom. The number of aromatic nitrogens is 2. The second-order valence-electron chi connectivity index (χ2n) is 5.32. The van der Waals surface area contributed by atoms with Crippen molar-refractivity contribution in [1.82, 2.24) is 10.2 Å². The molecule has 18 heavy (non-hydrogen) atoms. The minimum absolute atomic E-state index is 0.768. The van der Waals surface area contributed by atoms with Crippen molar-refractivity contribution in [1.29, 1.82) is 0 Å². The van der Waals surface area contributed by atoms with Crippen LogP contribution in [0.5, 0.6) is 0 Å². The molecule has 0 amide bonds. The van der Waals surface area contributed by atoms with Gasteiger partial charge in [-0.1, -0.05) is 55.4 Å². The molecule has 0 saturated heterocycles. The summed E-state index contributed by atoms with van der Waals surface area (Å²) in [6.07, 6.45) is 5.45. The first-order valence-corrected chi connectivity index (χ1v) is 7.57. The zero-order chi connectivity index (χ0) is 12.4. The van der Waals surface area contributed by atoms with Gasteiger partial charge in [0.15, 0.2) is 0 Å². The Balaban J connectivity index is 1.75. The van der Waals surface area contributed by atoms with Crippen LogP contribution in [0.1, 0.15) is 44.1 Å². The predicted molar refractivity (Wildman–Crippen MR) is 75.7 cm³/mol. The Bertz CT molecular complexity index is 482. The highest BCUT2D eigenvalue weighted by Crippen LogP contribution is 2.36. The SMILES string of the molecule is CC1CCC(c2ccc(-c3nncs3)cc2)CC1. The third-order valence-corrected chi connectivity index (χ3v) is 4.75. The summed E-state index contributed by atoms with van der Waals surface area (Å²) in [6, 6.07) is 8.93. The molecule has 0 atom stereocenters. The average molecular weight is 258 g/mol. The Hall–Kier alpha value is -1.22. The monoisotopic (exact) mass is 258 g/mol. The number of hydrogen-bond donors (Lipinski definition) is 0. The maximum absolute atomic E-state index is 4.11. The first-order chi connectivity index (χ1) is 8.83. The fourth-order valence-corrected chi connectivity index (χ4v) is 3.35. The van der Waals surface area contributed by atoms with Crippen molar-refractivity contribution in [3.05, 3.63) is 35.3 Å². The second-order valence-corrected chi connectivity index (χ2v) is 6.16. The van der Waals surface area contributed by atoms with Crippen LogP contribution in [-0.2, 0) is 0 Å². The van der Waals surface area contributed by atoms with E-state index in [4.69, 9.17) is 0 Å². The van der Waals surface area contributed by atoms with Crippen molar-refractivity contribution in [3.8, 4) is 10.6 Å². The van der Waals surface area contributed by atoms with Gasteiger partial charge < -0.3 is 0 Å². The summed E-state index contributed by atoms with van der Waals surface area (Å²) in [5, 5.41) is 9.01. The van der Waals surface area contributed by atoms with Crippen LogP contribution in [0.15, 0.2) is 29.8 Å². The van der Waals surface area contributed by atoms with Gasteiger partial charge in [0.1, 0.15) is 10.5 Å². The Morgan fingerprint density at radius 2 is 1.78 bits per heavy atom. The maximum atomic E-state index is 4.11. The van der Waals surface area contributed by atoms with E-state index in [9.17, 15) is 0 Å². The summed E-state index contributed by atoms with van der Waals surface area (Å²) in [6.45, 7) is 2.37. The molecule has 3 heteroatoms. The summed E-state index contributed by atoms with van der Waals surface area (Å²) >= 11 is 1.60. The molecular weight excluding hydrogens is 240 g/mol. The van der Waals surface area contributed by atoms with Crippen molar-refractivity contribution in [3.63, 3.8) is 0 Å². The van der Waals surface area contributed by atoms with Gasteiger partial charge in [0.05, 0.1) is 0 Å². The second kappa shape index (κ2) is 5.19. The zero-order valence-corrected chi connectivity index (χ0v) is 11.5. The van der Waals surface area contributed by atoms with Gasteiger partial charge in [0, 0.05) is 5.56 Å². The molecule has 0 aliphatic heterocycles. The smallest absolute Gasteiger partial charge is 0.147 e. The summed E-state index contributed by atoms with van der Waals surface area (Å²) in [7, 11) is 0. The van der Waals surface area contributed by atoms with E-state index in [1.807, 2.05) is 0 Å². The van der Waals surface area contributed by atoms with Crippen molar-refractivity contribution in [2.45, 2.75) is 38.5 Å². The fourth-order valence-electron chi connectivity index (χ4n) is 2.79. The zero-order valence-electron chi connectivity index (χ0n) is 10.7. The van der Waals surface area contributed by atoms with Gasteiger partial charge in [-0.25, -0.2) is 0 Å². The predicted octanol–water partition coefficient (Wildman–Crippen LogP) is 4.50. The van der Waals surface area contributed by atoms with E-state index in [2.05, 4.69) is 41.4 Å². The van der Waals surface area contributed by atoms with Gasteiger partial charge in [-0.2, -0.15) is 0 Å². The quantitative estimate of drug-likeness (QED) is 0.792. The highest BCUT2D eigenvalue weighted by molar-refractivity contribution is 7.12. The lowest BCUT2D eigenvalue weighted by atomic mass is 9.79. The molecule has 1 aromatic heterocycles. The molecule has 2 aromatic rings. The van der Waals surface area contributed by atoms with Gasteiger partial charge in [-0.15, -0.1) is 10.2 Å². The van der Waals surface area contributed by atoms with E-state index in [1.165, 1.54) is 36.8 Å². The molecule has 0 spiro atoms. The van der Waals surface area contributed by atoms with Crippen LogP contribution in [0.4, 0.5) is 0 Å². The average Bonchev–Trinajstić information content (AvgIpc) is 2.94. The fraction of sp³-hybridized carbons (Fsp3) is 0.467. The molecule has 0 N–H and O–H groups in total. The molecule has 0 unspecified atom stereocenters. The molecule has 0 bridgehead atoms. The molecule has 94 valence electrons. The lowest BCUT2D eigenvalue weighted by molar-refractivity contribution is 0.348. The molecule has 1 aliphatic carbocycles. The van der Waals surface area contributed by atoms with E-state index in [0.29, 0.717) is 0 Å². The molecule has 1 fully saturated rings. The number of hydrogen-bond acceptors (Lipinski definition) is 3. The largest absolute Gasteiger partial charge is 0.147 e. The lowest BCUT2D eigenvalue weighted by Gasteiger charge is -2.26. The third kappa shape index (κ3) is 2.46. The molecule has 0 radical (unpaired) electrons. The summed E-state index contributed by atoms with van der Waals surface area (Å²) in [5.74, 6) is 1.69. The van der Waals surface area contributed by atoms with E-state index < -0.39 is 0 Å². The first-order valence-electron chi connectivity index (χ1n) is 6.69. The van der Waals surface area contributed by atoms with E-state index in [-0.39, 0.29) is 0 Å². The van der Waals surface area contributed by atoms with Crippen LogP contribution in [0.3, 0.4) is 0 Å². The highest BCUT2D eigenvalue weighted by atomic mass is 32.1. The number of rotatable bonds is 2. The topological polar surface area (TPSA) is 25.8 Å². The van der Waals surface area contributed by atoms with Crippen molar-refractivity contribution < 1.29 is 0 Å². The van der Waals surface area contributed by atoms with Crippen molar-refractivity contribution in [2.24, 2.45) is 5.92 Å². The van der Waals surface area contributed by atoms with E-state index in [0.717, 1.165) is 16.8 Å². The van der Waals surface area contributed by atoms with Crippen molar-refractivity contribution in [2.75, 3.05) is 0 Å². The van der Waals surface area contributed by atoms with Gasteiger partial charge in [-0.3, -0.25) is 0 Å². The standard InChI is InChI=1S/C15H18N2S/c1-11-2-4-12(5-3-11)13-6-8-14(9-7-13)15-17-16-10-18-15/h6-12H,2-5H2,1H3. The van der Waals surface area contributed by atoms with Crippen LogP contribution >= 0.6 is 11.3 Å². The van der Waals surface area contributed by atoms with Crippen LogP contribution in [-0.4, -0.2) is 10.2 Å². The minimum Gasteiger partial charge on any atom is -0.147 e. The summed E-state index contributed by atoms with van der Waals surface area (Å²) < 4.78 is 0. The van der Waals surface area contributed by atoms with Crippen LogP contribution in [0.2, 0.25) is 0 Å². The number of nitrogens with zero attached hydrogens (tertiary/aromatic N) is 2. The molecule has 1 heterocycles. The van der Waals surface area contributed by atoms with Crippen LogP contribution in [0, 0.1) is 5.92 Å². The van der Waals surface area contributed by atoms with Gasteiger partial charge in [0.2, 0.25) is 0 Å². The van der Waals surface area contributed by atoms with Crippen LogP contribution < -0.4 is 0 Å². The van der Waals surface area contributed by atoms with Gasteiger partial charge >= 0.3 is 0 Å². The normalized spacial score (nSPS) is 24.1.